The van der Waals surface area contributed by atoms with Crippen LogP contribution in [0.5, 0.6) is 0 Å². The quantitative estimate of drug-likeness (QED) is 0.690. The van der Waals surface area contributed by atoms with Gasteiger partial charge in [-0.05, 0) is 31.8 Å². The molecule has 0 fully saturated rings. The number of carboxylic acids is 1. The lowest BCUT2D eigenvalue weighted by Crippen LogP contribution is -1.95. The summed E-state index contributed by atoms with van der Waals surface area (Å²) < 4.78 is 0. The van der Waals surface area contributed by atoms with Gasteiger partial charge in [0.15, 0.2) is 5.78 Å². The molecular weight excluding hydrogens is 216 g/mol. The second kappa shape index (κ2) is 12.9. The average molecular weight is 242 g/mol. The first-order valence-electron chi connectivity index (χ1n) is 6.29. The van der Waals surface area contributed by atoms with Crippen LogP contribution in [0.15, 0.2) is 12.2 Å². The van der Waals surface area contributed by atoms with Gasteiger partial charge >= 0.3 is 5.97 Å². The molecule has 17 heavy (non-hydrogen) atoms. The standard InChI is InChI=1S/C7H14O2.C7H12O/c1-6(2)4-3-5-7(8)9;1-3-4-5-6-7(2)8/h6H,3-5H2,1-2H3,(H,8,9);5-6H,3-4H2,1-2H3. The highest BCUT2D eigenvalue weighted by Gasteiger charge is 1.97. The van der Waals surface area contributed by atoms with E-state index in [-0.39, 0.29) is 5.78 Å². The maximum atomic E-state index is 10.2. The molecule has 0 saturated carbocycles. The summed E-state index contributed by atoms with van der Waals surface area (Å²) in [5, 5.41) is 8.23. The van der Waals surface area contributed by atoms with E-state index in [1.54, 1.807) is 13.0 Å². The Hall–Kier alpha value is -1.12. The van der Waals surface area contributed by atoms with Gasteiger partial charge in [-0.2, -0.15) is 0 Å². The van der Waals surface area contributed by atoms with Crippen LogP contribution in [0.2, 0.25) is 0 Å². The van der Waals surface area contributed by atoms with Crippen LogP contribution in [0, 0.1) is 5.92 Å². The summed E-state index contributed by atoms with van der Waals surface area (Å²) in [6.07, 6.45) is 7.80. The number of ketones is 1. The zero-order valence-corrected chi connectivity index (χ0v) is 11.5. The van der Waals surface area contributed by atoms with Crippen molar-refractivity contribution in [3.05, 3.63) is 12.2 Å². The lowest BCUT2D eigenvalue weighted by Gasteiger charge is -1.99. The molecule has 0 aromatic heterocycles. The Morgan fingerprint density at radius 2 is 1.88 bits per heavy atom. The molecule has 0 aliphatic heterocycles. The number of unbranched alkanes of at least 4 members (excludes halogenated alkanes) is 1. The molecule has 0 rings (SSSR count). The number of hydrogen-bond acceptors (Lipinski definition) is 2. The van der Waals surface area contributed by atoms with Gasteiger partial charge in [0.05, 0.1) is 0 Å². The molecule has 0 radical (unpaired) electrons. The zero-order valence-electron chi connectivity index (χ0n) is 11.5. The zero-order chi connectivity index (χ0) is 13.7. The highest BCUT2D eigenvalue weighted by Crippen LogP contribution is 2.05. The molecule has 0 aliphatic carbocycles. The van der Waals surface area contributed by atoms with Crippen LogP contribution in [0.1, 0.15) is 59.8 Å². The summed E-state index contributed by atoms with van der Waals surface area (Å²) in [4.78, 5) is 20.2. The Kier molecular flexibility index (Phi) is 13.9. The van der Waals surface area contributed by atoms with E-state index in [1.807, 2.05) is 6.08 Å². The van der Waals surface area contributed by atoms with E-state index in [1.165, 1.54) is 0 Å². The summed E-state index contributed by atoms with van der Waals surface area (Å²) in [5.74, 6) is 0.0819. The van der Waals surface area contributed by atoms with Crippen LogP contribution in [0.4, 0.5) is 0 Å². The smallest absolute Gasteiger partial charge is 0.303 e. The molecule has 1 N–H and O–H groups in total. The molecule has 0 spiro atoms. The van der Waals surface area contributed by atoms with Crippen molar-refractivity contribution in [3.8, 4) is 0 Å². The van der Waals surface area contributed by atoms with Crippen molar-refractivity contribution in [2.24, 2.45) is 5.92 Å². The minimum Gasteiger partial charge on any atom is -0.481 e. The van der Waals surface area contributed by atoms with E-state index in [0.717, 1.165) is 25.7 Å². The summed E-state index contributed by atoms with van der Waals surface area (Å²) in [6, 6.07) is 0. The lowest BCUT2D eigenvalue weighted by atomic mass is 10.1. The Balaban J connectivity index is 0. The monoisotopic (exact) mass is 242 g/mol. The summed E-state index contributed by atoms with van der Waals surface area (Å²) in [6.45, 7) is 7.85. The number of allylic oxidation sites excluding steroid dienone is 2. The SMILES string of the molecule is CC(C)CCCC(=O)O.CCCC=CC(C)=O. The maximum Gasteiger partial charge on any atom is 0.303 e. The van der Waals surface area contributed by atoms with Crippen LogP contribution in [0.3, 0.4) is 0 Å². The van der Waals surface area contributed by atoms with E-state index in [2.05, 4.69) is 20.8 Å². The fourth-order valence-electron chi connectivity index (χ4n) is 1.08. The molecule has 0 aliphatic rings. The van der Waals surface area contributed by atoms with Crippen molar-refractivity contribution in [1.29, 1.82) is 0 Å². The van der Waals surface area contributed by atoms with Crippen LogP contribution in [-0.4, -0.2) is 16.9 Å². The van der Waals surface area contributed by atoms with Crippen LogP contribution < -0.4 is 0 Å². The van der Waals surface area contributed by atoms with Crippen LogP contribution >= 0.6 is 0 Å². The largest absolute Gasteiger partial charge is 0.481 e. The van der Waals surface area contributed by atoms with Crippen molar-refractivity contribution in [2.75, 3.05) is 0 Å². The molecule has 0 saturated heterocycles. The first-order chi connectivity index (χ1) is 7.90. The van der Waals surface area contributed by atoms with E-state index >= 15 is 0 Å². The Labute approximate surface area is 105 Å². The first kappa shape index (κ1) is 18.3. The van der Waals surface area contributed by atoms with Crippen molar-refractivity contribution >= 4 is 11.8 Å². The summed E-state index contributed by atoms with van der Waals surface area (Å²) in [5.41, 5.74) is 0. The summed E-state index contributed by atoms with van der Waals surface area (Å²) in [7, 11) is 0. The fourth-order valence-corrected chi connectivity index (χ4v) is 1.08. The second-order valence-electron chi connectivity index (χ2n) is 4.48. The molecule has 0 heterocycles. The van der Waals surface area contributed by atoms with Crippen molar-refractivity contribution in [2.45, 2.75) is 59.8 Å². The molecule has 0 bridgehead atoms. The van der Waals surface area contributed by atoms with Gasteiger partial charge in [-0.1, -0.05) is 39.7 Å². The predicted molar refractivity (Wildman–Crippen MR) is 71.1 cm³/mol. The Morgan fingerprint density at radius 1 is 1.29 bits per heavy atom. The second-order valence-corrected chi connectivity index (χ2v) is 4.48. The van der Waals surface area contributed by atoms with Crippen molar-refractivity contribution in [3.63, 3.8) is 0 Å². The lowest BCUT2D eigenvalue weighted by molar-refractivity contribution is -0.137. The molecule has 0 aromatic rings. The number of rotatable bonds is 7. The van der Waals surface area contributed by atoms with Gasteiger partial charge in [0.1, 0.15) is 0 Å². The number of hydrogen-bond donors (Lipinski definition) is 1. The number of carboxylic acid groups (broad SMARTS) is 1. The van der Waals surface area contributed by atoms with E-state index in [9.17, 15) is 9.59 Å². The fraction of sp³-hybridized carbons (Fsp3) is 0.714. The number of carbonyl (C=O) groups is 2. The van der Waals surface area contributed by atoms with Crippen molar-refractivity contribution in [1.82, 2.24) is 0 Å². The number of carbonyl (C=O) groups excluding carboxylic acids is 1. The van der Waals surface area contributed by atoms with E-state index in [4.69, 9.17) is 5.11 Å². The molecule has 3 nitrogen and oxygen atoms in total. The minimum atomic E-state index is -0.685. The Bertz CT molecular complexity index is 230. The molecular formula is C14H26O3. The van der Waals surface area contributed by atoms with E-state index < -0.39 is 5.97 Å². The van der Waals surface area contributed by atoms with Gasteiger partial charge in [0, 0.05) is 6.42 Å². The third-order valence-electron chi connectivity index (χ3n) is 1.98. The van der Waals surface area contributed by atoms with Gasteiger partial charge < -0.3 is 5.11 Å². The first-order valence-corrected chi connectivity index (χ1v) is 6.29. The molecule has 100 valence electrons. The predicted octanol–water partition coefficient (Wildman–Crippen LogP) is 3.83. The topological polar surface area (TPSA) is 54.4 Å². The molecule has 0 amide bonds. The third kappa shape index (κ3) is 25.3. The molecule has 0 atom stereocenters. The van der Waals surface area contributed by atoms with Crippen LogP contribution in [0.25, 0.3) is 0 Å². The van der Waals surface area contributed by atoms with Crippen molar-refractivity contribution < 1.29 is 14.7 Å². The molecule has 0 aromatic carbocycles. The number of aliphatic carboxylic acids is 1. The minimum absolute atomic E-state index is 0.137. The average Bonchev–Trinajstić information content (AvgIpc) is 2.17. The molecule has 3 heteroatoms. The normalized spacial score (nSPS) is 10.2. The van der Waals surface area contributed by atoms with Gasteiger partial charge in [0.2, 0.25) is 0 Å². The molecule has 0 unspecified atom stereocenters. The van der Waals surface area contributed by atoms with Gasteiger partial charge in [-0.3, -0.25) is 9.59 Å². The van der Waals surface area contributed by atoms with Crippen LogP contribution in [-0.2, 0) is 9.59 Å². The van der Waals surface area contributed by atoms with E-state index in [0.29, 0.717) is 12.3 Å². The van der Waals surface area contributed by atoms with Gasteiger partial charge in [0.25, 0.3) is 0 Å². The van der Waals surface area contributed by atoms with Gasteiger partial charge in [-0.15, -0.1) is 0 Å². The Morgan fingerprint density at radius 3 is 2.24 bits per heavy atom. The maximum absolute atomic E-state index is 10.2. The van der Waals surface area contributed by atoms with Gasteiger partial charge in [-0.25, -0.2) is 0 Å². The highest BCUT2D eigenvalue weighted by atomic mass is 16.4. The highest BCUT2D eigenvalue weighted by molar-refractivity contribution is 5.87. The summed E-state index contributed by atoms with van der Waals surface area (Å²) >= 11 is 0. The third-order valence-corrected chi connectivity index (χ3v) is 1.98.